The predicted octanol–water partition coefficient (Wildman–Crippen LogP) is 4.07. The van der Waals surface area contributed by atoms with Crippen molar-refractivity contribution < 1.29 is 8.78 Å². The second kappa shape index (κ2) is 6.00. The summed E-state index contributed by atoms with van der Waals surface area (Å²) in [6.07, 6.45) is 6.52. The summed E-state index contributed by atoms with van der Waals surface area (Å²) in [6, 6.07) is 3.96. The molecule has 0 aliphatic heterocycles. The van der Waals surface area contributed by atoms with Gasteiger partial charge in [-0.15, -0.1) is 0 Å². The summed E-state index contributed by atoms with van der Waals surface area (Å²) in [5, 5.41) is 3.34. The van der Waals surface area contributed by atoms with Crippen LogP contribution in [0.15, 0.2) is 18.2 Å². The van der Waals surface area contributed by atoms with E-state index >= 15 is 0 Å². The van der Waals surface area contributed by atoms with Gasteiger partial charge in [0.1, 0.15) is 11.6 Å². The third-order valence-corrected chi connectivity index (χ3v) is 4.82. The third kappa shape index (κ3) is 2.97. The minimum Gasteiger partial charge on any atom is -0.316 e. The van der Waals surface area contributed by atoms with Gasteiger partial charge in [-0.05, 0) is 61.9 Å². The van der Waals surface area contributed by atoms with Crippen molar-refractivity contribution in [3.63, 3.8) is 0 Å². The number of likely N-dealkylation sites (N-methyl/N-ethyl adjacent to an activating group) is 1. The second-order valence-electron chi connectivity index (χ2n) is 5.70. The van der Waals surface area contributed by atoms with Crippen molar-refractivity contribution in [3.05, 3.63) is 35.4 Å². The van der Waals surface area contributed by atoms with E-state index in [4.69, 9.17) is 0 Å². The molecule has 1 unspecified atom stereocenters. The van der Waals surface area contributed by atoms with Gasteiger partial charge in [-0.3, -0.25) is 0 Å². The Hall–Kier alpha value is -0.960. The fourth-order valence-corrected chi connectivity index (χ4v) is 3.57. The molecule has 1 saturated carbocycles. The minimum atomic E-state index is -0.358. The van der Waals surface area contributed by atoms with E-state index in [1.807, 2.05) is 7.05 Å². The topological polar surface area (TPSA) is 12.0 Å². The lowest BCUT2D eigenvalue weighted by Gasteiger charge is -2.37. The van der Waals surface area contributed by atoms with Gasteiger partial charge in [-0.25, -0.2) is 8.78 Å². The summed E-state index contributed by atoms with van der Waals surface area (Å²) in [7, 11) is 1.93. The Bertz CT molecular complexity index is 425. The Morgan fingerprint density at radius 2 is 1.95 bits per heavy atom. The normalized spacial score (nSPS) is 19.6. The molecule has 0 spiro atoms. The van der Waals surface area contributed by atoms with Gasteiger partial charge >= 0.3 is 0 Å². The zero-order chi connectivity index (χ0) is 13.9. The average molecular weight is 267 g/mol. The van der Waals surface area contributed by atoms with Crippen LogP contribution in [0.5, 0.6) is 0 Å². The standard InChI is InChI=1S/C16H23F2N/c1-3-16(8-4-5-9-16)15(19-2)11-12-10-13(17)6-7-14(12)18/h6-7,10,15,19H,3-5,8-9,11H2,1-2H3. The van der Waals surface area contributed by atoms with E-state index < -0.39 is 0 Å². The Morgan fingerprint density at radius 1 is 1.26 bits per heavy atom. The molecule has 106 valence electrons. The van der Waals surface area contributed by atoms with Gasteiger partial charge in [0.15, 0.2) is 0 Å². The highest BCUT2D eigenvalue weighted by atomic mass is 19.1. The molecule has 0 heterocycles. The van der Waals surface area contributed by atoms with E-state index in [0.29, 0.717) is 12.0 Å². The van der Waals surface area contributed by atoms with Gasteiger partial charge in [0.25, 0.3) is 0 Å². The summed E-state index contributed by atoms with van der Waals surface area (Å²) >= 11 is 0. The SMILES string of the molecule is CCC1(C(Cc2cc(F)ccc2F)NC)CCCC1. The number of nitrogens with one attached hydrogen (secondary N) is 1. The van der Waals surface area contributed by atoms with Crippen molar-refractivity contribution in [1.82, 2.24) is 5.32 Å². The molecular formula is C16H23F2N. The molecule has 0 bridgehead atoms. The lowest BCUT2D eigenvalue weighted by Crippen LogP contribution is -2.43. The van der Waals surface area contributed by atoms with E-state index in [0.717, 1.165) is 6.42 Å². The zero-order valence-corrected chi connectivity index (χ0v) is 11.8. The van der Waals surface area contributed by atoms with Crippen molar-refractivity contribution in [2.24, 2.45) is 5.41 Å². The fraction of sp³-hybridized carbons (Fsp3) is 0.625. The molecule has 1 aromatic carbocycles. The van der Waals surface area contributed by atoms with E-state index in [9.17, 15) is 8.78 Å². The molecular weight excluding hydrogens is 244 g/mol. The monoisotopic (exact) mass is 267 g/mol. The summed E-state index contributed by atoms with van der Waals surface area (Å²) in [5.74, 6) is -0.658. The van der Waals surface area contributed by atoms with Gasteiger partial charge in [0, 0.05) is 6.04 Å². The number of hydrogen-bond donors (Lipinski definition) is 1. The van der Waals surface area contributed by atoms with Crippen LogP contribution in [0.1, 0.15) is 44.6 Å². The first-order valence-corrected chi connectivity index (χ1v) is 7.22. The quantitative estimate of drug-likeness (QED) is 0.848. The molecule has 1 nitrogen and oxygen atoms in total. The number of rotatable bonds is 5. The Balaban J connectivity index is 2.21. The van der Waals surface area contributed by atoms with Gasteiger partial charge in [-0.2, -0.15) is 0 Å². The molecule has 2 rings (SSSR count). The first-order valence-electron chi connectivity index (χ1n) is 7.22. The average Bonchev–Trinajstić information content (AvgIpc) is 2.89. The van der Waals surface area contributed by atoms with Crippen molar-refractivity contribution in [3.8, 4) is 0 Å². The van der Waals surface area contributed by atoms with Gasteiger partial charge in [0.2, 0.25) is 0 Å². The predicted molar refractivity (Wildman–Crippen MR) is 74.1 cm³/mol. The van der Waals surface area contributed by atoms with Gasteiger partial charge < -0.3 is 5.32 Å². The van der Waals surface area contributed by atoms with Crippen LogP contribution in [-0.2, 0) is 6.42 Å². The third-order valence-electron chi connectivity index (χ3n) is 4.82. The Labute approximate surface area is 114 Å². The van der Waals surface area contributed by atoms with Crippen molar-refractivity contribution in [2.45, 2.75) is 51.5 Å². The summed E-state index contributed by atoms with van der Waals surface area (Å²) in [5.41, 5.74) is 0.729. The highest BCUT2D eigenvalue weighted by Gasteiger charge is 2.39. The van der Waals surface area contributed by atoms with Crippen LogP contribution in [0.2, 0.25) is 0 Å². The molecule has 1 aliphatic carbocycles. The van der Waals surface area contributed by atoms with Crippen molar-refractivity contribution >= 4 is 0 Å². The first kappa shape index (κ1) is 14.4. The molecule has 0 aromatic heterocycles. The smallest absolute Gasteiger partial charge is 0.126 e. The van der Waals surface area contributed by atoms with E-state index in [1.54, 1.807) is 0 Å². The maximum atomic E-state index is 13.8. The Morgan fingerprint density at radius 3 is 2.53 bits per heavy atom. The molecule has 1 fully saturated rings. The lowest BCUT2D eigenvalue weighted by atomic mass is 9.74. The molecule has 1 aliphatic rings. The number of halogens is 2. The van der Waals surface area contributed by atoms with Gasteiger partial charge in [0.05, 0.1) is 0 Å². The van der Waals surface area contributed by atoms with Crippen molar-refractivity contribution in [2.75, 3.05) is 7.05 Å². The molecule has 1 N–H and O–H groups in total. The Kier molecular flexibility index (Phi) is 4.56. The van der Waals surface area contributed by atoms with Crippen LogP contribution in [0.3, 0.4) is 0 Å². The lowest BCUT2D eigenvalue weighted by molar-refractivity contribution is 0.191. The van der Waals surface area contributed by atoms with Crippen LogP contribution >= 0.6 is 0 Å². The van der Waals surface area contributed by atoms with Crippen LogP contribution in [0.25, 0.3) is 0 Å². The van der Waals surface area contributed by atoms with E-state index in [1.165, 1.54) is 43.9 Å². The van der Waals surface area contributed by atoms with Crippen molar-refractivity contribution in [1.29, 1.82) is 0 Å². The van der Waals surface area contributed by atoms with Crippen LogP contribution in [0, 0.1) is 17.0 Å². The molecule has 3 heteroatoms. The maximum absolute atomic E-state index is 13.8. The van der Waals surface area contributed by atoms with Crippen LogP contribution in [-0.4, -0.2) is 13.1 Å². The first-order chi connectivity index (χ1) is 9.11. The summed E-state index contributed by atoms with van der Waals surface area (Å²) in [4.78, 5) is 0. The van der Waals surface area contributed by atoms with Gasteiger partial charge in [-0.1, -0.05) is 19.8 Å². The molecule has 0 radical (unpaired) electrons. The second-order valence-corrected chi connectivity index (χ2v) is 5.70. The van der Waals surface area contributed by atoms with Crippen LogP contribution < -0.4 is 5.32 Å². The van der Waals surface area contributed by atoms with E-state index in [-0.39, 0.29) is 23.1 Å². The fourth-order valence-electron chi connectivity index (χ4n) is 3.57. The van der Waals surface area contributed by atoms with Crippen LogP contribution in [0.4, 0.5) is 8.78 Å². The summed E-state index contributed by atoms with van der Waals surface area (Å²) in [6.45, 7) is 2.21. The number of benzene rings is 1. The molecule has 0 amide bonds. The highest BCUT2D eigenvalue weighted by molar-refractivity contribution is 5.20. The molecule has 1 atom stereocenters. The highest BCUT2D eigenvalue weighted by Crippen LogP contribution is 2.44. The molecule has 1 aromatic rings. The minimum absolute atomic E-state index is 0.219. The number of hydrogen-bond acceptors (Lipinski definition) is 1. The summed E-state index contributed by atoms with van der Waals surface area (Å²) < 4.78 is 27.1. The van der Waals surface area contributed by atoms with E-state index in [2.05, 4.69) is 12.2 Å². The maximum Gasteiger partial charge on any atom is 0.126 e. The molecule has 19 heavy (non-hydrogen) atoms. The largest absolute Gasteiger partial charge is 0.316 e. The zero-order valence-electron chi connectivity index (χ0n) is 11.8. The molecule has 0 saturated heterocycles.